The first-order valence-corrected chi connectivity index (χ1v) is 4.37. The highest BCUT2D eigenvalue weighted by molar-refractivity contribution is 5.82. The van der Waals surface area contributed by atoms with Crippen molar-refractivity contribution < 1.29 is 9.59 Å². The van der Waals surface area contributed by atoms with Gasteiger partial charge in [-0.3, -0.25) is 14.9 Å². The van der Waals surface area contributed by atoms with E-state index in [1.54, 1.807) is 6.92 Å². The molecule has 0 bridgehead atoms. The molecule has 0 saturated heterocycles. The van der Waals surface area contributed by atoms with Gasteiger partial charge >= 0.3 is 0 Å². The molecule has 0 fully saturated rings. The molecule has 4 N–H and O–H groups in total. The van der Waals surface area contributed by atoms with Crippen LogP contribution < -0.4 is 16.4 Å². The molecule has 0 aliphatic rings. The van der Waals surface area contributed by atoms with Crippen LogP contribution in [0.4, 0.5) is 0 Å². The Hall–Kier alpha value is -1.10. The molecule has 0 aliphatic heterocycles. The highest BCUT2D eigenvalue weighted by Gasteiger charge is 2.08. The van der Waals surface area contributed by atoms with Gasteiger partial charge in [0.15, 0.2) is 0 Å². The van der Waals surface area contributed by atoms with E-state index in [4.69, 9.17) is 5.73 Å². The van der Waals surface area contributed by atoms with Crippen molar-refractivity contribution in [2.45, 2.75) is 26.3 Å². The maximum atomic E-state index is 11.0. The summed E-state index contributed by atoms with van der Waals surface area (Å²) in [4.78, 5) is 21.6. The van der Waals surface area contributed by atoms with Crippen molar-refractivity contribution in [3.8, 4) is 0 Å². The van der Waals surface area contributed by atoms with E-state index in [0.717, 1.165) is 6.42 Å². The topological polar surface area (TPSA) is 84.2 Å². The van der Waals surface area contributed by atoms with Crippen molar-refractivity contribution in [3.05, 3.63) is 0 Å². The van der Waals surface area contributed by atoms with Gasteiger partial charge in [0.1, 0.15) is 0 Å². The molecule has 0 aromatic rings. The van der Waals surface area contributed by atoms with E-state index in [0.29, 0.717) is 6.54 Å². The van der Waals surface area contributed by atoms with Crippen molar-refractivity contribution >= 4 is 11.8 Å². The highest BCUT2D eigenvalue weighted by atomic mass is 16.2. The summed E-state index contributed by atoms with van der Waals surface area (Å²) in [6.07, 6.45) is 0.900. The quantitative estimate of drug-likeness (QED) is 0.497. The molecule has 0 aliphatic carbocycles. The van der Waals surface area contributed by atoms with Crippen LogP contribution in [0.2, 0.25) is 0 Å². The van der Waals surface area contributed by atoms with Gasteiger partial charge in [-0.25, -0.2) is 0 Å². The first kappa shape index (κ1) is 11.9. The maximum Gasteiger partial charge on any atom is 0.234 e. The minimum atomic E-state index is -0.465. The Kier molecular flexibility index (Phi) is 5.88. The monoisotopic (exact) mass is 187 g/mol. The lowest BCUT2D eigenvalue weighted by Crippen LogP contribution is -2.44. The smallest absolute Gasteiger partial charge is 0.234 e. The Bertz CT molecular complexity index is 182. The third-order valence-electron chi connectivity index (χ3n) is 1.57. The van der Waals surface area contributed by atoms with Crippen LogP contribution in [0.15, 0.2) is 0 Å². The van der Waals surface area contributed by atoms with Gasteiger partial charge in [0.25, 0.3) is 0 Å². The molecule has 0 saturated carbocycles. The summed E-state index contributed by atoms with van der Waals surface area (Å²) < 4.78 is 0. The predicted molar refractivity (Wildman–Crippen MR) is 50.0 cm³/mol. The molecule has 13 heavy (non-hydrogen) atoms. The minimum Gasteiger partial charge on any atom is -0.368 e. The Labute approximate surface area is 78.1 Å². The molecule has 5 nitrogen and oxygen atoms in total. The summed E-state index contributed by atoms with van der Waals surface area (Å²) >= 11 is 0. The molecule has 1 unspecified atom stereocenters. The second-order valence-electron chi connectivity index (χ2n) is 2.85. The minimum absolute atomic E-state index is 0.116. The molecule has 0 heterocycles. The number of amides is 2. The Morgan fingerprint density at radius 1 is 1.46 bits per heavy atom. The summed E-state index contributed by atoms with van der Waals surface area (Å²) in [7, 11) is 0. The Morgan fingerprint density at radius 2 is 2.08 bits per heavy atom. The number of primary amides is 1. The third-order valence-corrected chi connectivity index (χ3v) is 1.57. The summed E-state index contributed by atoms with van der Waals surface area (Å²) in [5.74, 6) is -0.571. The lowest BCUT2D eigenvalue weighted by atomic mass is 10.3. The van der Waals surface area contributed by atoms with Crippen molar-refractivity contribution in [2.24, 2.45) is 5.73 Å². The molecule has 76 valence electrons. The van der Waals surface area contributed by atoms with Gasteiger partial charge in [-0.2, -0.15) is 0 Å². The normalized spacial score (nSPS) is 12.2. The zero-order valence-electron chi connectivity index (χ0n) is 8.09. The van der Waals surface area contributed by atoms with Crippen molar-refractivity contribution in [2.75, 3.05) is 13.1 Å². The van der Waals surface area contributed by atoms with Crippen LogP contribution in [0.1, 0.15) is 20.3 Å². The lowest BCUT2D eigenvalue weighted by molar-refractivity contribution is -0.121. The van der Waals surface area contributed by atoms with Gasteiger partial charge in [0.2, 0.25) is 11.8 Å². The average Bonchev–Trinajstić information content (AvgIpc) is 2.10. The van der Waals surface area contributed by atoms with Crippen LogP contribution >= 0.6 is 0 Å². The second kappa shape index (κ2) is 6.42. The SMILES string of the molecule is CCCNC(=O)CNC(C)C(N)=O. The highest BCUT2D eigenvalue weighted by Crippen LogP contribution is 1.77. The van der Waals surface area contributed by atoms with Gasteiger partial charge in [-0.1, -0.05) is 6.92 Å². The van der Waals surface area contributed by atoms with E-state index < -0.39 is 11.9 Å². The lowest BCUT2D eigenvalue weighted by Gasteiger charge is -2.09. The fourth-order valence-corrected chi connectivity index (χ4v) is 0.673. The number of nitrogens with one attached hydrogen (secondary N) is 2. The van der Waals surface area contributed by atoms with E-state index in [1.165, 1.54) is 0 Å². The summed E-state index contributed by atoms with van der Waals surface area (Å²) in [6, 6.07) is -0.465. The number of carbonyl (C=O) groups is 2. The Morgan fingerprint density at radius 3 is 2.54 bits per heavy atom. The summed E-state index contributed by atoms with van der Waals surface area (Å²) in [5, 5.41) is 5.38. The molecular formula is C8H17N3O2. The largest absolute Gasteiger partial charge is 0.368 e. The molecule has 0 spiro atoms. The zero-order chi connectivity index (χ0) is 10.3. The molecular weight excluding hydrogens is 170 g/mol. The number of hydrogen-bond acceptors (Lipinski definition) is 3. The van der Waals surface area contributed by atoms with Crippen LogP contribution in [0.5, 0.6) is 0 Å². The van der Waals surface area contributed by atoms with E-state index in [-0.39, 0.29) is 12.5 Å². The Balaban J connectivity index is 3.52. The molecule has 0 aromatic carbocycles. The van der Waals surface area contributed by atoms with Gasteiger partial charge in [-0.05, 0) is 13.3 Å². The molecule has 2 amide bonds. The molecule has 1 atom stereocenters. The maximum absolute atomic E-state index is 11.0. The van der Waals surface area contributed by atoms with Crippen LogP contribution in [0.25, 0.3) is 0 Å². The zero-order valence-corrected chi connectivity index (χ0v) is 8.09. The van der Waals surface area contributed by atoms with Crippen LogP contribution in [0, 0.1) is 0 Å². The van der Waals surface area contributed by atoms with E-state index >= 15 is 0 Å². The molecule has 0 rings (SSSR count). The van der Waals surface area contributed by atoms with Gasteiger partial charge in [0.05, 0.1) is 12.6 Å². The first-order valence-electron chi connectivity index (χ1n) is 4.37. The average molecular weight is 187 g/mol. The van der Waals surface area contributed by atoms with Crippen molar-refractivity contribution in [1.82, 2.24) is 10.6 Å². The predicted octanol–water partition coefficient (Wildman–Crippen LogP) is -1.02. The van der Waals surface area contributed by atoms with Gasteiger partial charge in [-0.15, -0.1) is 0 Å². The van der Waals surface area contributed by atoms with Crippen LogP contribution in [-0.4, -0.2) is 30.9 Å². The fraction of sp³-hybridized carbons (Fsp3) is 0.750. The number of carbonyl (C=O) groups excluding carboxylic acids is 2. The fourth-order valence-electron chi connectivity index (χ4n) is 0.673. The molecule has 0 radical (unpaired) electrons. The van der Waals surface area contributed by atoms with E-state index in [2.05, 4.69) is 10.6 Å². The standard InChI is InChI=1S/C8H17N3O2/c1-3-4-10-7(12)5-11-6(2)8(9)13/h6,11H,3-5H2,1-2H3,(H2,9,13)(H,10,12). The van der Waals surface area contributed by atoms with E-state index in [1.807, 2.05) is 6.92 Å². The number of hydrogen-bond donors (Lipinski definition) is 3. The molecule has 5 heteroatoms. The second-order valence-corrected chi connectivity index (χ2v) is 2.85. The first-order chi connectivity index (χ1) is 6.07. The third kappa shape index (κ3) is 6.10. The van der Waals surface area contributed by atoms with Crippen LogP contribution in [-0.2, 0) is 9.59 Å². The van der Waals surface area contributed by atoms with Crippen molar-refractivity contribution in [1.29, 1.82) is 0 Å². The van der Waals surface area contributed by atoms with Crippen LogP contribution in [0.3, 0.4) is 0 Å². The number of nitrogens with two attached hydrogens (primary N) is 1. The van der Waals surface area contributed by atoms with Gasteiger partial charge in [0, 0.05) is 6.54 Å². The molecule has 0 aromatic heterocycles. The summed E-state index contributed by atoms with van der Waals surface area (Å²) in [6.45, 7) is 4.38. The number of rotatable bonds is 6. The van der Waals surface area contributed by atoms with Gasteiger partial charge < -0.3 is 11.1 Å². The van der Waals surface area contributed by atoms with Crippen molar-refractivity contribution in [3.63, 3.8) is 0 Å². The summed E-state index contributed by atoms with van der Waals surface area (Å²) in [5.41, 5.74) is 4.99. The van der Waals surface area contributed by atoms with E-state index in [9.17, 15) is 9.59 Å².